The minimum absolute atomic E-state index is 0.134. The molecule has 0 heterocycles. The second-order valence-corrected chi connectivity index (χ2v) is 5.13. The summed E-state index contributed by atoms with van der Waals surface area (Å²) in [7, 11) is 0. The van der Waals surface area contributed by atoms with E-state index in [9.17, 15) is 9.50 Å². The van der Waals surface area contributed by atoms with Crippen LogP contribution in [0.5, 0.6) is 5.75 Å². The Balaban J connectivity index is 2.20. The van der Waals surface area contributed by atoms with Crippen LogP contribution in [0.25, 0.3) is 0 Å². The van der Waals surface area contributed by atoms with E-state index in [0.717, 1.165) is 5.69 Å². The fourth-order valence-electron chi connectivity index (χ4n) is 2.36. The van der Waals surface area contributed by atoms with Gasteiger partial charge >= 0.3 is 0 Å². The van der Waals surface area contributed by atoms with E-state index in [0.29, 0.717) is 29.0 Å². The van der Waals surface area contributed by atoms with Gasteiger partial charge in [-0.15, -0.1) is 0 Å². The number of rotatable bonds is 6. The van der Waals surface area contributed by atoms with Crippen molar-refractivity contribution >= 4 is 5.69 Å². The van der Waals surface area contributed by atoms with Crippen LogP contribution >= 0.6 is 0 Å². The average Bonchev–Trinajstić information content (AvgIpc) is 2.56. The van der Waals surface area contributed by atoms with Gasteiger partial charge in [0.05, 0.1) is 30.9 Å². The molecule has 1 atom stereocenters. The Hall–Kier alpha value is -2.58. The van der Waals surface area contributed by atoms with Gasteiger partial charge in [0.25, 0.3) is 0 Å². The van der Waals surface area contributed by atoms with Crippen LogP contribution in [0.15, 0.2) is 36.4 Å². The predicted molar refractivity (Wildman–Crippen MR) is 86.7 cm³/mol. The molecule has 0 fully saturated rings. The highest BCUT2D eigenvalue weighted by atomic mass is 19.1. The molecule has 0 aliphatic carbocycles. The maximum atomic E-state index is 14.0. The summed E-state index contributed by atoms with van der Waals surface area (Å²) in [6.07, 6.45) is 0. The minimum Gasteiger partial charge on any atom is -0.494 e. The van der Waals surface area contributed by atoms with Crippen LogP contribution in [0.2, 0.25) is 0 Å². The Labute approximate surface area is 135 Å². The molecule has 120 valence electrons. The Kier molecular flexibility index (Phi) is 5.56. The van der Waals surface area contributed by atoms with E-state index in [1.165, 1.54) is 6.07 Å². The van der Waals surface area contributed by atoms with E-state index in [1.807, 2.05) is 26.0 Å². The van der Waals surface area contributed by atoms with Crippen LogP contribution in [0.3, 0.4) is 0 Å². The third-order valence-electron chi connectivity index (χ3n) is 3.51. The molecule has 0 aliphatic heterocycles. The molecular formula is C18H19FN2O2. The maximum Gasteiger partial charge on any atom is 0.129 e. The number of aliphatic hydroxyl groups excluding tert-OH is 1. The summed E-state index contributed by atoms with van der Waals surface area (Å²) in [6.45, 7) is 4.10. The van der Waals surface area contributed by atoms with Crippen LogP contribution in [0.4, 0.5) is 10.1 Å². The van der Waals surface area contributed by atoms with Gasteiger partial charge in [-0.1, -0.05) is 6.07 Å². The van der Waals surface area contributed by atoms with Gasteiger partial charge in [0.2, 0.25) is 0 Å². The van der Waals surface area contributed by atoms with Crippen LogP contribution in [0.1, 0.15) is 36.6 Å². The molecule has 4 nitrogen and oxygen atoms in total. The molecule has 0 radical (unpaired) electrons. The summed E-state index contributed by atoms with van der Waals surface area (Å²) in [6, 6.07) is 11.4. The van der Waals surface area contributed by atoms with Crippen molar-refractivity contribution in [3.63, 3.8) is 0 Å². The Morgan fingerprint density at radius 1 is 1.30 bits per heavy atom. The monoisotopic (exact) mass is 314 g/mol. The number of nitrogens with one attached hydrogen (secondary N) is 1. The fraction of sp³-hybridized carbons (Fsp3) is 0.278. The Bertz CT molecular complexity index is 725. The van der Waals surface area contributed by atoms with Crippen molar-refractivity contribution < 1.29 is 14.2 Å². The normalized spacial score (nSPS) is 11.6. The number of benzene rings is 2. The van der Waals surface area contributed by atoms with Crippen molar-refractivity contribution in [2.24, 2.45) is 0 Å². The van der Waals surface area contributed by atoms with Gasteiger partial charge in [-0.3, -0.25) is 0 Å². The summed E-state index contributed by atoms with van der Waals surface area (Å²) in [4.78, 5) is 0. The van der Waals surface area contributed by atoms with E-state index in [4.69, 9.17) is 10.00 Å². The number of nitriles is 1. The Morgan fingerprint density at radius 3 is 2.70 bits per heavy atom. The molecule has 0 amide bonds. The summed E-state index contributed by atoms with van der Waals surface area (Å²) in [5.74, 6) is 0.218. The molecule has 0 saturated heterocycles. The van der Waals surface area contributed by atoms with Gasteiger partial charge in [0.1, 0.15) is 11.6 Å². The zero-order valence-corrected chi connectivity index (χ0v) is 13.1. The first-order valence-corrected chi connectivity index (χ1v) is 7.41. The summed E-state index contributed by atoms with van der Waals surface area (Å²) < 4.78 is 19.5. The SMILES string of the molecule is CCOc1ccc(NC(C)c2ccc(C#N)cc2F)cc1CO. The average molecular weight is 314 g/mol. The van der Waals surface area contributed by atoms with Crippen molar-refractivity contribution in [3.05, 3.63) is 58.9 Å². The van der Waals surface area contributed by atoms with Crippen molar-refractivity contribution in [2.45, 2.75) is 26.5 Å². The maximum absolute atomic E-state index is 14.0. The highest BCUT2D eigenvalue weighted by molar-refractivity contribution is 5.52. The quantitative estimate of drug-likeness (QED) is 0.852. The molecule has 2 aromatic rings. The van der Waals surface area contributed by atoms with Crippen LogP contribution in [0, 0.1) is 17.1 Å². The number of ether oxygens (including phenoxy) is 1. The second kappa shape index (κ2) is 7.61. The van der Waals surface area contributed by atoms with E-state index in [-0.39, 0.29) is 12.6 Å². The predicted octanol–water partition coefficient (Wildman–Crippen LogP) is 3.76. The highest BCUT2D eigenvalue weighted by Crippen LogP contribution is 2.27. The second-order valence-electron chi connectivity index (χ2n) is 5.13. The lowest BCUT2D eigenvalue weighted by Gasteiger charge is -2.18. The number of nitrogens with zero attached hydrogens (tertiary/aromatic N) is 1. The largest absolute Gasteiger partial charge is 0.494 e. The summed E-state index contributed by atoms with van der Waals surface area (Å²) in [5, 5.41) is 21.4. The molecule has 1 unspecified atom stereocenters. The van der Waals surface area contributed by atoms with E-state index in [1.54, 1.807) is 24.3 Å². The first kappa shape index (κ1) is 16.8. The lowest BCUT2D eigenvalue weighted by atomic mass is 10.0. The molecule has 0 aliphatic rings. The zero-order valence-electron chi connectivity index (χ0n) is 13.1. The van der Waals surface area contributed by atoms with Gasteiger partial charge in [0.15, 0.2) is 0 Å². The van der Waals surface area contributed by atoms with E-state index >= 15 is 0 Å². The number of anilines is 1. The first-order chi connectivity index (χ1) is 11.1. The van der Waals surface area contributed by atoms with Gasteiger partial charge < -0.3 is 15.2 Å². The first-order valence-electron chi connectivity index (χ1n) is 7.41. The lowest BCUT2D eigenvalue weighted by Crippen LogP contribution is -2.09. The molecule has 0 aromatic heterocycles. The van der Waals surface area contributed by atoms with E-state index in [2.05, 4.69) is 5.32 Å². The molecule has 2 N–H and O–H groups in total. The molecule has 0 spiro atoms. The van der Waals surface area contributed by atoms with Gasteiger partial charge in [-0.2, -0.15) is 5.26 Å². The highest BCUT2D eigenvalue weighted by Gasteiger charge is 2.12. The Morgan fingerprint density at radius 2 is 2.09 bits per heavy atom. The molecular weight excluding hydrogens is 295 g/mol. The number of halogens is 1. The summed E-state index contributed by atoms with van der Waals surface area (Å²) in [5.41, 5.74) is 2.20. The van der Waals surface area contributed by atoms with Gasteiger partial charge in [0, 0.05) is 16.8 Å². The van der Waals surface area contributed by atoms with Crippen LogP contribution in [-0.4, -0.2) is 11.7 Å². The van der Waals surface area contributed by atoms with Gasteiger partial charge in [-0.25, -0.2) is 4.39 Å². The number of hydrogen-bond acceptors (Lipinski definition) is 4. The molecule has 5 heteroatoms. The summed E-state index contributed by atoms with van der Waals surface area (Å²) >= 11 is 0. The lowest BCUT2D eigenvalue weighted by molar-refractivity contribution is 0.267. The molecule has 0 bridgehead atoms. The third kappa shape index (κ3) is 3.99. The topological polar surface area (TPSA) is 65.3 Å². The molecule has 0 saturated carbocycles. The minimum atomic E-state index is -0.419. The van der Waals surface area contributed by atoms with Crippen LogP contribution < -0.4 is 10.1 Å². The molecule has 23 heavy (non-hydrogen) atoms. The standard InChI is InChI=1S/C18H19FN2O2/c1-3-23-18-7-5-15(9-14(18)11-22)21-12(2)16-6-4-13(10-20)8-17(16)19/h4-9,12,21-22H,3,11H2,1-2H3. The smallest absolute Gasteiger partial charge is 0.129 e. The number of aliphatic hydroxyl groups is 1. The zero-order chi connectivity index (χ0) is 16.8. The van der Waals surface area contributed by atoms with E-state index < -0.39 is 5.82 Å². The van der Waals surface area contributed by atoms with Crippen LogP contribution in [-0.2, 0) is 6.61 Å². The van der Waals surface area contributed by atoms with Crippen molar-refractivity contribution in [3.8, 4) is 11.8 Å². The third-order valence-corrected chi connectivity index (χ3v) is 3.51. The van der Waals surface area contributed by atoms with Crippen molar-refractivity contribution in [1.29, 1.82) is 5.26 Å². The number of hydrogen-bond donors (Lipinski definition) is 2. The van der Waals surface area contributed by atoms with Crippen molar-refractivity contribution in [2.75, 3.05) is 11.9 Å². The van der Waals surface area contributed by atoms with Crippen molar-refractivity contribution in [1.82, 2.24) is 0 Å². The molecule has 2 aromatic carbocycles. The fourth-order valence-corrected chi connectivity index (χ4v) is 2.36. The van der Waals surface area contributed by atoms with Gasteiger partial charge in [-0.05, 0) is 44.2 Å². The molecule has 2 rings (SSSR count).